The predicted molar refractivity (Wildman–Crippen MR) is 104 cm³/mol. The van der Waals surface area contributed by atoms with Crippen LogP contribution in [-0.4, -0.2) is 29.0 Å². The highest BCUT2D eigenvalue weighted by Gasteiger charge is 2.13. The number of aryl methyl sites for hydroxylation is 1. The van der Waals surface area contributed by atoms with Crippen molar-refractivity contribution >= 4 is 44.3 Å². The molecule has 0 spiro atoms. The number of anilines is 1. The third-order valence-corrected chi connectivity index (χ3v) is 4.92. The number of methoxy groups -OCH3 is 1. The van der Waals surface area contributed by atoms with Gasteiger partial charge < -0.3 is 15.0 Å². The van der Waals surface area contributed by atoms with Gasteiger partial charge in [0.25, 0.3) is 0 Å². The van der Waals surface area contributed by atoms with Crippen LogP contribution in [0.2, 0.25) is 0 Å². The summed E-state index contributed by atoms with van der Waals surface area (Å²) in [5.41, 5.74) is 2.90. The molecule has 0 unspecified atom stereocenters. The molecule has 8 heteroatoms. The molecule has 0 aliphatic heterocycles. The third kappa shape index (κ3) is 4.59. The van der Waals surface area contributed by atoms with Crippen molar-refractivity contribution in [2.45, 2.75) is 12.8 Å². The van der Waals surface area contributed by atoms with Crippen LogP contribution in [0.4, 0.5) is 5.13 Å². The van der Waals surface area contributed by atoms with E-state index < -0.39 is 5.97 Å². The Morgan fingerprint density at radius 2 is 2.19 bits per heavy atom. The molecule has 0 saturated carbocycles. The fourth-order valence-electron chi connectivity index (χ4n) is 2.37. The monoisotopic (exact) mass is 433 g/mol. The van der Waals surface area contributed by atoms with Gasteiger partial charge in [-0.25, -0.2) is 9.78 Å². The number of rotatable bonds is 6. The molecule has 2 heterocycles. The van der Waals surface area contributed by atoms with Crippen LogP contribution in [0.3, 0.4) is 0 Å². The van der Waals surface area contributed by atoms with E-state index >= 15 is 0 Å². The molecule has 0 aliphatic rings. The lowest BCUT2D eigenvalue weighted by atomic mass is 10.1. The summed E-state index contributed by atoms with van der Waals surface area (Å²) in [5, 5.41) is 5.17. The Hall–Kier alpha value is -2.45. The fraction of sp³-hybridized carbons (Fsp3) is 0.167. The number of esters is 1. The van der Waals surface area contributed by atoms with Gasteiger partial charge in [0, 0.05) is 28.0 Å². The minimum absolute atomic E-state index is 0.0878. The Morgan fingerprint density at radius 3 is 2.96 bits per heavy atom. The second-order valence-corrected chi connectivity index (χ2v) is 7.28. The van der Waals surface area contributed by atoms with Gasteiger partial charge in [0.15, 0.2) is 5.13 Å². The van der Waals surface area contributed by atoms with Crippen molar-refractivity contribution < 1.29 is 14.3 Å². The number of halogens is 1. The Morgan fingerprint density at radius 1 is 1.35 bits per heavy atom. The van der Waals surface area contributed by atoms with E-state index in [9.17, 15) is 9.59 Å². The maximum atomic E-state index is 12.1. The molecule has 0 aliphatic carbocycles. The van der Waals surface area contributed by atoms with Crippen molar-refractivity contribution in [2.24, 2.45) is 0 Å². The van der Waals surface area contributed by atoms with E-state index in [0.717, 1.165) is 15.6 Å². The lowest BCUT2D eigenvalue weighted by molar-refractivity contribution is -0.116. The van der Waals surface area contributed by atoms with E-state index in [-0.39, 0.29) is 5.91 Å². The topological polar surface area (TPSA) is 84.1 Å². The first-order valence-electron chi connectivity index (χ1n) is 7.82. The molecule has 0 saturated heterocycles. The largest absolute Gasteiger partial charge is 0.464 e. The van der Waals surface area contributed by atoms with E-state index in [4.69, 9.17) is 0 Å². The number of hydrogen-bond acceptors (Lipinski definition) is 5. The first-order valence-corrected chi connectivity index (χ1v) is 9.49. The van der Waals surface area contributed by atoms with Crippen molar-refractivity contribution in [3.05, 3.63) is 57.6 Å². The average Bonchev–Trinajstić information content (AvgIpc) is 3.28. The average molecular weight is 434 g/mol. The van der Waals surface area contributed by atoms with Crippen LogP contribution < -0.4 is 5.32 Å². The SMILES string of the molecule is COC(=O)c1cc(-c2csc(NC(=O)CCc3cccc(Br)c3)n2)c[nH]1. The summed E-state index contributed by atoms with van der Waals surface area (Å²) < 4.78 is 5.66. The molecule has 3 aromatic rings. The highest BCUT2D eigenvalue weighted by Crippen LogP contribution is 2.26. The third-order valence-electron chi connectivity index (χ3n) is 3.66. The number of nitrogens with zero attached hydrogens (tertiary/aromatic N) is 1. The fourth-order valence-corrected chi connectivity index (χ4v) is 3.55. The molecule has 6 nitrogen and oxygen atoms in total. The van der Waals surface area contributed by atoms with Crippen molar-refractivity contribution in [3.8, 4) is 11.3 Å². The van der Waals surface area contributed by atoms with E-state index in [0.29, 0.717) is 29.4 Å². The van der Waals surface area contributed by atoms with Gasteiger partial charge in [-0.1, -0.05) is 28.1 Å². The molecule has 0 atom stereocenters. The van der Waals surface area contributed by atoms with Crippen LogP contribution in [0, 0.1) is 0 Å². The summed E-state index contributed by atoms with van der Waals surface area (Å²) in [4.78, 5) is 30.9. The first-order chi connectivity index (χ1) is 12.5. The molecule has 134 valence electrons. The zero-order chi connectivity index (χ0) is 18.5. The molecular weight excluding hydrogens is 418 g/mol. The Labute approximate surface area is 162 Å². The standard InChI is InChI=1S/C18H16BrN3O3S/c1-25-17(24)14-8-12(9-20-14)15-10-26-18(21-15)22-16(23)6-5-11-3-2-4-13(19)7-11/h2-4,7-10,20H,5-6H2,1H3,(H,21,22,23). The minimum Gasteiger partial charge on any atom is -0.464 e. The second kappa shape index (κ2) is 8.29. The summed E-state index contributed by atoms with van der Waals surface area (Å²) in [6, 6.07) is 9.56. The number of thiazole rings is 1. The lowest BCUT2D eigenvalue weighted by Gasteiger charge is -2.03. The van der Waals surface area contributed by atoms with E-state index in [1.54, 1.807) is 12.3 Å². The number of aromatic nitrogens is 2. The number of carbonyl (C=O) groups excluding carboxylic acids is 2. The normalized spacial score (nSPS) is 10.5. The molecule has 2 aromatic heterocycles. The maximum Gasteiger partial charge on any atom is 0.354 e. The van der Waals surface area contributed by atoms with Gasteiger partial charge >= 0.3 is 5.97 Å². The van der Waals surface area contributed by atoms with Gasteiger partial charge in [0.05, 0.1) is 12.8 Å². The number of hydrogen-bond donors (Lipinski definition) is 2. The molecule has 0 bridgehead atoms. The molecule has 0 fully saturated rings. The summed E-state index contributed by atoms with van der Waals surface area (Å²) in [6.07, 6.45) is 2.71. The van der Waals surface area contributed by atoms with E-state index in [2.05, 4.69) is 36.0 Å². The van der Waals surface area contributed by atoms with Crippen LogP contribution >= 0.6 is 27.3 Å². The van der Waals surface area contributed by atoms with Crippen LogP contribution in [0.15, 0.2) is 46.4 Å². The summed E-state index contributed by atoms with van der Waals surface area (Å²) in [7, 11) is 1.33. The Bertz CT molecular complexity index is 935. The molecule has 26 heavy (non-hydrogen) atoms. The van der Waals surface area contributed by atoms with Crippen LogP contribution in [-0.2, 0) is 16.0 Å². The number of aromatic amines is 1. The Balaban J connectivity index is 1.58. The zero-order valence-electron chi connectivity index (χ0n) is 13.9. The molecule has 3 rings (SSSR count). The minimum atomic E-state index is -0.437. The van der Waals surface area contributed by atoms with Gasteiger partial charge in [-0.2, -0.15) is 0 Å². The van der Waals surface area contributed by atoms with E-state index in [1.165, 1.54) is 18.4 Å². The first kappa shape index (κ1) is 18.3. The van der Waals surface area contributed by atoms with Crippen molar-refractivity contribution in [1.82, 2.24) is 9.97 Å². The van der Waals surface area contributed by atoms with Gasteiger partial charge in [-0.15, -0.1) is 11.3 Å². The predicted octanol–water partition coefficient (Wildman–Crippen LogP) is 4.26. The molecule has 1 amide bonds. The van der Waals surface area contributed by atoms with Crippen LogP contribution in [0.25, 0.3) is 11.3 Å². The highest BCUT2D eigenvalue weighted by molar-refractivity contribution is 9.10. The van der Waals surface area contributed by atoms with Crippen LogP contribution in [0.1, 0.15) is 22.5 Å². The smallest absolute Gasteiger partial charge is 0.354 e. The lowest BCUT2D eigenvalue weighted by Crippen LogP contribution is -2.12. The van der Waals surface area contributed by atoms with Crippen molar-refractivity contribution in [2.75, 3.05) is 12.4 Å². The van der Waals surface area contributed by atoms with Gasteiger partial charge in [-0.05, 0) is 30.2 Å². The Kier molecular flexibility index (Phi) is 5.85. The number of nitrogens with one attached hydrogen (secondary N) is 2. The molecule has 0 radical (unpaired) electrons. The number of benzene rings is 1. The molecule has 1 aromatic carbocycles. The number of carbonyl (C=O) groups is 2. The van der Waals surface area contributed by atoms with Gasteiger partial charge in [-0.3, -0.25) is 4.79 Å². The maximum absolute atomic E-state index is 12.1. The number of ether oxygens (including phenoxy) is 1. The number of amides is 1. The van der Waals surface area contributed by atoms with Crippen molar-refractivity contribution in [1.29, 1.82) is 0 Å². The van der Waals surface area contributed by atoms with Crippen molar-refractivity contribution in [3.63, 3.8) is 0 Å². The molecule has 2 N–H and O–H groups in total. The summed E-state index contributed by atoms with van der Waals surface area (Å²) in [5.74, 6) is -0.525. The zero-order valence-corrected chi connectivity index (χ0v) is 16.3. The summed E-state index contributed by atoms with van der Waals surface area (Å²) >= 11 is 4.76. The van der Waals surface area contributed by atoms with Gasteiger partial charge in [0.2, 0.25) is 5.91 Å². The second-order valence-electron chi connectivity index (χ2n) is 5.51. The quantitative estimate of drug-likeness (QED) is 0.568. The molecular formula is C18H16BrN3O3S. The number of H-pyrrole nitrogens is 1. The van der Waals surface area contributed by atoms with Crippen LogP contribution in [0.5, 0.6) is 0 Å². The highest BCUT2D eigenvalue weighted by atomic mass is 79.9. The van der Waals surface area contributed by atoms with Gasteiger partial charge in [0.1, 0.15) is 5.69 Å². The summed E-state index contributed by atoms with van der Waals surface area (Å²) in [6.45, 7) is 0. The van der Waals surface area contributed by atoms with E-state index in [1.807, 2.05) is 29.6 Å².